The van der Waals surface area contributed by atoms with Crippen LogP contribution in [-0.2, 0) is 13.0 Å². The topological polar surface area (TPSA) is 36.5 Å². The standard InChI is InChI=1S/3ClH.H3N.Rh/h3*1H;1H3;/q;;;;+3/p-2. The van der Waals surface area contributed by atoms with Crippen LogP contribution in [0.15, 0.2) is 0 Å². The maximum atomic E-state index is 4.94. The molecule has 0 atom stereocenters. The van der Waals surface area contributed by atoms with Gasteiger partial charge in [-0.25, -0.2) is 0 Å². The smallest absolute Gasteiger partial charge is 0.369 e. The Hall–Kier alpha value is 1.45. The van der Waals surface area contributed by atoms with E-state index in [1.165, 1.54) is 0 Å². The molecule has 0 aromatic heterocycles. The van der Waals surface area contributed by atoms with Gasteiger partial charge in [0.05, 0.1) is 0 Å². The molecule has 38 valence electrons. The number of hydrogen-bond donors (Lipinski definition) is 1. The Balaban J connectivity index is 0. The monoisotopic (exact) mass is 226 g/mol. The summed E-state index contributed by atoms with van der Waals surface area (Å²) >= 11 is -1.66. The summed E-state index contributed by atoms with van der Waals surface area (Å²) < 4.78 is 0. The minimum absolute atomic E-state index is 0. The molecule has 1 nitrogen and oxygen atoms in total. The molecule has 0 radical (unpaired) electrons. The van der Waals surface area contributed by atoms with Gasteiger partial charge in [-0.3, -0.25) is 0 Å². The third-order valence-electron chi connectivity index (χ3n) is 0. The van der Waals surface area contributed by atoms with Gasteiger partial charge in [0, 0.05) is 0 Å². The molecular formula is H4Cl3NRh+. The van der Waals surface area contributed by atoms with Crippen molar-refractivity contribution in [1.82, 2.24) is 6.15 Å². The Morgan fingerprint density at radius 2 is 1.00 bits per heavy atom. The zero-order valence-corrected chi connectivity index (χ0v) is 6.37. The van der Waals surface area contributed by atoms with E-state index in [1.54, 1.807) is 0 Å². The summed E-state index contributed by atoms with van der Waals surface area (Å²) in [6.07, 6.45) is 0. The maximum Gasteiger partial charge on any atom is -0.369 e. The van der Waals surface area contributed by atoms with E-state index < -0.39 is 13.0 Å². The van der Waals surface area contributed by atoms with Gasteiger partial charge in [-0.2, -0.15) is 0 Å². The quantitative estimate of drug-likeness (QED) is 0.617. The number of hydrogen-bond acceptors (Lipinski definition) is 0. The number of halogens is 3. The molecular weight excluding hydrogens is 223 g/mol. The predicted molar refractivity (Wildman–Crippen MR) is 23.5 cm³/mol. The van der Waals surface area contributed by atoms with Crippen LogP contribution in [-0.4, -0.2) is 0 Å². The zero-order chi connectivity index (χ0) is 3.58. The van der Waals surface area contributed by atoms with Gasteiger partial charge >= 0.3 is 42.1 Å². The summed E-state index contributed by atoms with van der Waals surface area (Å²) in [6.45, 7) is 0. The van der Waals surface area contributed by atoms with E-state index in [4.69, 9.17) is 29.1 Å². The van der Waals surface area contributed by atoms with Crippen LogP contribution in [0.2, 0.25) is 0 Å². The zero-order valence-electron chi connectivity index (χ0n) is 2.47. The van der Waals surface area contributed by atoms with Gasteiger partial charge in [0.2, 0.25) is 0 Å². The van der Waals surface area contributed by atoms with E-state index in [2.05, 4.69) is 0 Å². The van der Waals surface area contributed by atoms with E-state index in [-0.39, 0.29) is 6.15 Å². The van der Waals surface area contributed by atoms with Crippen molar-refractivity contribution in [3.63, 3.8) is 0 Å². The molecule has 4 N–H and O–H groups in total. The number of rotatable bonds is 0. The fourth-order valence-electron chi connectivity index (χ4n) is 0. The second-order valence-corrected chi connectivity index (χ2v) is 7.61. The average molecular weight is 227 g/mol. The molecule has 0 fully saturated rings. The fourth-order valence-corrected chi connectivity index (χ4v) is 0. The van der Waals surface area contributed by atoms with E-state index >= 15 is 0 Å². The molecule has 0 heterocycles. The summed E-state index contributed by atoms with van der Waals surface area (Å²) in [6, 6.07) is 0. The first-order valence-electron chi connectivity index (χ1n) is 0.378. The molecule has 0 aliphatic rings. The molecule has 0 rings (SSSR count). The fraction of sp³-hybridized carbons (Fsp3) is 0. The maximum absolute atomic E-state index is 4.94. The Bertz CT molecular complexity index is 11.6. The van der Waals surface area contributed by atoms with E-state index in [0.717, 1.165) is 0 Å². The van der Waals surface area contributed by atoms with Crippen molar-refractivity contribution in [3.8, 4) is 0 Å². The molecule has 0 bridgehead atoms. The Morgan fingerprint density at radius 3 is 1.00 bits per heavy atom. The van der Waals surface area contributed by atoms with E-state index in [0.29, 0.717) is 0 Å². The van der Waals surface area contributed by atoms with Crippen LogP contribution >= 0.6 is 29.1 Å². The van der Waals surface area contributed by atoms with Crippen molar-refractivity contribution in [1.29, 1.82) is 0 Å². The molecule has 0 aromatic rings. The molecule has 0 unspecified atom stereocenters. The van der Waals surface area contributed by atoms with E-state index in [1.807, 2.05) is 0 Å². The predicted octanol–water partition coefficient (Wildman–Crippen LogP) is 2.44. The van der Waals surface area contributed by atoms with Crippen LogP contribution in [0.5, 0.6) is 0 Å². The first-order valence-corrected chi connectivity index (χ1v) is 6.71. The Labute approximate surface area is 48.2 Å². The SMILES string of the molecule is [Cl][Rh]([Cl])[Cl].[NH4+]. The van der Waals surface area contributed by atoms with Gasteiger partial charge < -0.3 is 6.15 Å². The average Bonchev–Trinajstić information content (AvgIpc) is 0.811. The van der Waals surface area contributed by atoms with Crippen molar-refractivity contribution in [2.75, 3.05) is 0 Å². The van der Waals surface area contributed by atoms with Crippen LogP contribution < -0.4 is 6.15 Å². The summed E-state index contributed by atoms with van der Waals surface area (Å²) in [5.74, 6) is 0. The normalized spacial score (nSPS) is 9.00. The van der Waals surface area contributed by atoms with Crippen LogP contribution in [0.1, 0.15) is 0 Å². The summed E-state index contributed by atoms with van der Waals surface area (Å²) in [5, 5.41) is 0. The van der Waals surface area contributed by atoms with Crippen molar-refractivity contribution in [2.24, 2.45) is 0 Å². The molecule has 0 spiro atoms. The van der Waals surface area contributed by atoms with Crippen molar-refractivity contribution < 1.29 is 13.0 Å². The molecule has 0 aliphatic heterocycles. The van der Waals surface area contributed by atoms with Gasteiger partial charge in [-0.05, 0) is 0 Å². The molecule has 0 saturated heterocycles. The second-order valence-electron chi connectivity index (χ2n) is 0.143. The van der Waals surface area contributed by atoms with Crippen LogP contribution in [0.4, 0.5) is 0 Å². The molecule has 0 aliphatic carbocycles. The molecule has 5 heteroatoms. The molecule has 0 saturated carbocycles. The van der Waals surface area contributed by atoms with Gasteiger partial charge in [0.15, 0.2) is 0 Å². The first-order chi connectivity index (χ1) is 1.73. The second kappa shape index (κ2) is 5.45. The third kappa shape index (κ3) is 30.8. The summed E-state index contributed by atoms with van der Waals surface area (Å²) in [7, 11) is 14.8. The molecule has 0 amide bonds. The number of quaternary nitrogens is 1. The minimum atomic E-state index is -1.66. The van der Waals surface area contributed by atoms with Gasteiger partial charge in [0.25, 0.3) is 0 Å². The van der Waals surface area contributed by atoms with Crippen LogP contribution in [0.25, 0.3) is 0 Å². The van der Waals surface area contributed by atoms with Gasteiger partial charge in [-0.15, -0.1) is 0 Å². The van der Waals surface area contributed by atoms with Crippen molar-refractivity contribution >= 4 is 29.1 Å². The molecule has 5 heavy (non-hydrogen) atoms. The largest absolute Gasteiger partial charge is 0.369 e. The summed E-state index contributed by atoms with van der Waals surface area (Å²) in [5.41, 5.74) is 0. The van der Waals surface area contributed by atoms with Gasteiger partial charge in [-0.1, -0.05) is 0 Å². The Kier molecular flexibility index (Phi) is 10.6. The van der Waals surface area contributed by atoms with Crippen LogP contribution in [0, 0.1) is 0 Å². The van der Waals surface area contributed by atoms with Crippen LogP contribution in [0.3, 0.4) is 0 Å². The first kappa shape index (κ1) is 9.68. The van der Waals surface area contributed by atoms with Gasteiger partial charge in [0.1, 0.15) is 0 Å². The molecule has 0 aromatic carbocycles. The van der Waals surface area contributed by atoms with E-state index in [9.17, 15) is 0 Å². The summed E-state index contributed by atoms with van der Waals surface area (Å²) in [4.78, 5) is 0. The van der Waals surface area contributed by atoms with Crippen molar-refractivity contribution in [3.05, 3.63) is 0 Å². The third-order valence-corrected chi connectivity index (χ3v) is 0. The van der Waals surface area contributed by atoms with Crippen molar-refractivity contribution in [2.45, 2.75) is 0 Å². The minimum Gasteiger partial charge on any atom is -0.369 e. The Morgan fingerprint density at radius 1 is 1.00 bits per heavy atom.